The Balaban J connectivity index is 2.02. The molecule has 0 aliphatic carbocycles. The minimum atomic E-state index is -1.19. The molecule has 1 aromatic carbocycles. The monoisotopic (exact) mass is 333 g/mol. The lowest BCUT2D eigenvalue weighted by molar-refractivity contribution is -0.118. The Morgan fingerprint density at radius 2 is 1.67 bits per heavy atom. The number of aliphatic hydroxyl groups excluding tert-OH is 1. The minimum absolute atomic E-state index is 0.0519. The van der Waals surface area contributed by atoms with Gasteiger partial charge in [-0.25, -0.2) is 0 Å². The van der Waals surface area contributed by atoms with E-state index in [0.717, 1.165) is 0 Å². The number of amides is 1. The van der Waals surface area contributed by atoms with Gasteiger partial charge in [-0.05, 0) is 24.3 Å². The van der Waals surface area contributed by atoms with Crippen molar-refractivity contribution in [3.8, 4) is 17.5 Å². The van der Waals surface area contributed by atoms with Gasteiger partial charge in [0.2, 0.25) is 17.7 Å². The molecule has 8 nitrogen and oxygen atoms in total. The summed E-state index contributed by atoms with van der Waals surface area (Å²) in [6.07, 6.45) is -1.39. The number of aliphatic hydroxyl groups is 1. The van der Waals surface area contributed by atoms with Crippen molar-refractivity contribution in [3.05, 3.63) is 36.2 Å². The van der Waals surface area contributed by atoms with Crippen LogP contribution in [0.1, 0.15) is 18.3 Å². The van der Waals surface area contributed by atoms with Gasteiger partial charge >= 0.3 is 0 Å². The molecule has 1 amide bonds. The first-order chi connectivity index (χ1) is 11.5. The number of methoxy groups -OCH3 is 3. The minimum Gasteiger partial charge on any atom is -0.497 e. The summed E-state index contributed by atoms with van der Waals surface area (Å²) in [6.45, 7) is 0. The molecule has 0 saturated carbocycles. The van der Waals surface area contributed by atoms with Crippen LogP contribution in [-0.2, 0) is 4.79 Å². The van der Waals surface area contributed by atoms with Crippen molar-refractivity contribution in [2.24, 2.45) is 0 Å². The smallest absolute Gasteiger partial charge is 0.227 e. The zero-order chi connectivity index (χ0) is 17.5. The van der Waals surface area contributed by atoms with Crippen LogP contribution in [0.25, 0.3) is 0 Å². The van der Waals surface area contributed by atoms with E-state index in [2.05, 4.69) is 15.3 Å². The highest BCUT2D eigenvalue weighted by Crippen LogP contribution is 2.21. The number of nitrogens with one attached hydrogen (secondary N) is 1. The first-order valence-corrected chi connectivity index (χ1v) is 7.14. The van der Waals surface area contributed by atoms with Crippen molar-refractivity contribution in [2.45, 2.75) is 12.5 Å². The molecule has 1 aromatic heterocycles. The highest BCUT2D eigenvalue weighted by molar-refractivity contribution is 5.91. The van der Waals surface area contributed by atoms with E-state index in [9.17, 15) is 9.90 Å². The number of hydrogen-bond acceptors (Lipinski definition) is 7. The quantitative estimate of drug-likeness (QED) is 0.792. The molecular weight excluding hydrogens is 314 g/mol. The highest BCUT2D eigenvalue weighted by atomic mass is 16.5. The van der Waals surface area contributed by atoms with Crippen molar-refractivity contribution in [1.82, 2.24) is 9.97 Å². The van der Waals surface area contributed by atoms with Crippen molar-refractivity contribution in [1.29, 1.82) is 0 Å². The number of aromatic nitrogens is 2. The number of anilines is 1. The number of nitrogens with zero attached hydrogens (tertiary/aromatic N) is 2. The average molecular weight is 333 g/mol. The molecule has 0 radical (unpaired) electrons. The highest BCUT2D eigenvalue weighted by Gasteiger charge is 2.18. The summed E-state index contributed by atoms with van der Waals surface area (Å²) in [4.78, 5) is 20.1. The van der Waals surface area contributed by atoms with Crippen molar-refractivity contribution in [3.63, 3.8) is 0 Å². The van der Waals surface area contributed by atoms with Gasteiger partial charge in [0.25, 0.3) is 0 Å². The third kappa shape index (κ3) is 4.56. The van der Waals surface area contributed by atoms with Gasteiger partial charge in [-0.1, -0.05) is 0 Å². The van der Waals surface area contributed by atoms with Gasteiger partial charge in [0.05, 0.1) is 33.8 Å². The van der Waals surface area contributed by atoms with E-state index in [-0.39, 0.29) is 29.9 Å². The van der Waals surface area contributed by atoms with Crippen LogP contribution in [0.2, 0.25) is 0 Å². The van der Waals surface area contributed by atoms with Gasteiger partial charge in [-0.15, -0.1) is 0 Å². The summed E-state index contributed by atoms with van der Waals surface area (Å²) < 4.78 is 15.1. The summed E-state index contributed by atoms with van der Waals surface area (Å²) in [5, 5.41) is 12.9. The summed E-state index contributed by atoms with van der Waals surface area (Å²) in [5.74, 6) is 0.844. The molecule has 1 unspecified atom stereocenters. The first-order valence-electron chi connectivity index (χ1n) is 7.14. The molecule has 1 atom stereocenters. The number of rotatable bonds is 7. The van der Waals surface area contributed by atoms with Crippen LogP contribution in [0.3, 0.4) is 0 Å². The lowest BCUT2D eigenvalue weighted by Gasteiger charge is -2.12. The Bertz CT molecular complexity index is 668. The fourth-order valence-electron chi connectivity index (χ4n) is 1.93. The molecule has 2 aromatic rings. The lowest BCUT2D eigenvalue weighted by atomic mass is 10.2. The summed E-state index contributed by atoms with van der Waals surface area (Å²) in [5.41, 5.74) is 0.595. The molecule has 24 heavy (non-hydrogen) atoms. The maximum absolute atomic E-state index is 12.0. The maximum Gasteiger partial charge on any atom is 0.227 e. The van der Waals surface area contributed by atoms with Crippen LogP contribution < -0.4 is 19.5 Å². The molecule has 1 heterocycles. The van der Waals surface area contributed by atoms with Crippen molar-refractivity contribution >= 4 is 11.6 Å². The third-order valence-electron chi connectivity index (χ3n) is 3.17. The zero-order valence-corrected chi connectivity index (χ0v) is 13.6. The molecular formula is C16H19N3O5. The Morgan fingerprint density at radius 1 is 1.08 bits per heavy atom. The second-order valence-electron chi connectivity index (χ2n) is 4.81. The number of hydrogen-bond donors (Lipinski definition) is 2. The molecule has 0 aliphatic heterocycles. The fourth-order valence-corrected chi connectivity index (χ4v) is 1.93. The molecule has 2 rings (SSSR count). The van der Waals surface area contributed by atoms with E-state index in [1.165, 1.54) is 20.3 Å². The summed E-state index contributed by atoms with van der Waals surface area (Å²) in [6, 6.07) is 8.33. The first kappa shape index (κ1) is 17.5. The fraction of sp³-hybridized carbons (Fsp3) is 0.312. The van der Waals surface area contributed by atoms with Crippen LogP contribution in [0.15, 0.2) is 30.3 Å². The van der Waals surface area contributed by atoms with E-state index < -0.39 is 6.10 Å². The molecule has 0 aliphatic rings. The van der Waals surface area contributed by atoms with Crippen LogP contribution in [0.5, 0.6) is 17.5 Å². The van der Waals surface area contributed by atoms with E-state index in [1.54, 1.807) is 31.4 Å². The lowest BCUT2D eigenvalue weighted by Crippen LogP contribution is -2.17. The number of carbonyl (C=O) groups is 1. The second kappa shape index (κ2) is 8.11. The van der Waals surface area contributed by atoms with Gasteiger partial charge in [-0.3, -0.25) is 4.79 Å². The molecule has 0 bridgehead atoms. The second-order valence-corrected chi connectivity index (χ2v) is 4.81. The van der Waals surface area contributed by atoms with Gasteiger partial charge < -0.3 is 24.6 Å². The molecule has 0 fully saturated rings. The Morgan fingerprint density at radius 3 is 2.17 bits per heavy atom. The van der Waals surface area contributed by atoms with E-state index in [0.29, 0.717) is 11.4 Å². The molecule has 0 saturated heterocycles. The van der Waals surface area contributed by atoms with E-state index in [4.69, 9.17) is 14.2 Å². The van der Waals surface area contributed by atoms with E-state index >= 15 is 0 Å². The number of carbonyl (C=O) groups excluding carboxylic acids is 1. The Kier molecular flexibility index (Phi) is 5.91. The summed E-state index contributed by atoms with van der Waals surface area (Å²) in [7, 11) is 4.44. The summed E-state index contributed by atoms with van der Waals surface area (Å²) >= 11 is 0. The number of ether oxygens (including phenoxy) is 3. The van der Waals surface area contributed by atoms with Crippen LogP contribution in [0.4, 0.5) is 5.69 Å². The molecule has 2 N–H and O–H groups in total. The molecule has 8 heteroatoms. The predicted octanol–water partition coefficient (Wildman–Crippen LogP) is 1.56. The van der Waals surface area contributed by atoms with Gasteiger partial charge in [0.1, 0.15) is 11.9 Å². The maximum atomic E-state index is 12.0. The van der Waals surface area contributed by atoms with Crippen LogP contribution in [0, 0.1) is 0 Å². The van der Waals surface area contributed by atoms with Crippen LogP contribution >= 0.6 is 0 Å². The van der Waals surface area contributed by atoms with E-state index in [1.807, 2.05) is 0 Å². The molecule has 0 spiro atoms. The average Bonchev–Trinajstić information content (AvgIpc) is 2.61. The largest absolute Gasteiger partial charge is 0.497 e. The normalized spacial score (nSPS) is 11.5. The van der Waals surface area contributed by atoms with Gasteiger partial charge in [0, 0.05) is 5.69 Å². The predicted molar refractivity (Wildman–Crippen MR) is 86.3 cm³/mol. The number of benzene rings is 1. The van der Waals surface area contributed by atoms with Gasteiger partial charge in [0.15, 0.2) is 5.82 Å². The van der Waals surface area contributed by atoms with Crippen LogP contribution in [-0.4, -0.2) is 42.3 Å². The topological polar surface area (TPSA) is 103 Å². The van der Waals surface area contributed by atoms with Crippen molar-refractivity contribution in [2.75, 3.05) is 26.6 Å². The van der Waals surface area contributed by atoms with Gasteiger partial charge in [-0.2, -0.15) is 9.97 Å². The zero-order valence-electron chi connectivity index (χ0n) is 13.6. The third-order valence-corrected chi connectivity index (χ3v) is 3.17. The Labute approximate surface area is 139 Å². The SMILES string of the molecule is COc1ccc(NC(=O)CC(O)c2nc(OC)cc(OC)n2)cc1. The molecule has 128 valence electrons. The van der Waals surface area contributed by atoms with Crippen molar-refractivity contribution < 1.29 is 24.1 Å². The standard InChI is InChI=1S/C16H19N3O5/c1-22-11-6-4-10(5-7-11)17-13(21)8-12(20)16-18-14(23-2)9-15(19-16)24-3/h4-7,9,12,20H,8H2,1-3H3,(H,17,21). The Hall–Kier alpha value is -2.87.